The van der Waals surface area contributed by atoms with Crippen molar-refractivity contribution in [1.82, 2.24) is 15.0 Å². The largest absolute Gasteiger partial charge is 0.461 e. The van der Waals surface area contributed by atoms with Crippen LogP contribution in [-0.2, 0) is 0 Å². The van der Waals surface area contributed by atoms with E-state index in [1.54, 1.807) is 0 Å². The van der Waals surface area contributed by atoms with Gasteiger partial charge >= 0.3 is 6.01 Å². The zero-order valence-corrected chi connectivity index (χ0v) is 12.3. The average Bonchev–Trinajstić information content (AvgIpc) is 2.37. The first kappa shape index (κ1) is 15.4. The quantitative estimate of drug-likeness (QED) is 0.571. The van der Waals surface area contributed by atoms with Gasteiger partial charge in [0.15, 0.2) is 0 Å². The fraction of sp³-hybridized carbons (Fsp3) is 0.750. The Morgan fingerprint density at radius 3 is 2.47 bits per heavy atom. The number of rotatable bonds is 7. The number of hydrazine groups is 1. The van der Waals surface area contributed by atoms with Crippen LogP contribution < -0.4 is 20.9 Å². The van der Waals surface area contributed by atoms with Gasteiger partial charge in [-0.3, -0.25) is 5.43 Å². The number of ether oxygens (including phenoxy) is 1. The van der Waals surface area contributed by atoms with E-state index in [0.717, 1.165) is 13.0 Å². The first-order valence-electron chi connectivity index (χ1n) is 6.56. The van der Waals surface area contributed by atoms with Gasteiger partial charge < -0.3 is 9.64 Å². The molecule has 0 saturated heterocycles. The van der Waals surface area contributed by atoms with Gasteiger partial charge in [-0.25, -0.2) is 5.84 Å². The molecule has 0 fully saturated rings. The smallest absolute Gasteiger partial charge is 0.323 e. The van der Waals surface area contributed by atoms with Crippen molar-refractivity contribution in [1.29, 1.82) is 0 Å². The Hall–Kier alpha value is -1.63. The first-order valence-corrected chi connectivity index (χ1v) is 6.56. The third kappa shape index (κ3) is 4.86. The summed E-state index contributed by atoms with van der Waals surface area (Å²) in [6.45, 7) is 9.05. The van der Waals surface area contributed by atoms with E-state index < -0.39 is 0 Å². The maximum absolute atomic E-state index is 5.49. The lowest BCUT2D eigenvalue weighted by Gasteiger charge is -2.21. The standard InChI is InChI=1S/C12H24N6O/c1-6-9(4)7-18(5)11-14-10(17-13)15-12(16-11)19-8(2)3/h8-9H,6-7,13H2,1-5H3,(H,14,15,16,17). The molecule has 0 aliphatic rings. The molecule has 7 nitrogen and oxygen atoms in total. The van der Waals surface area contributed by atoms with Crippen LogP contribution in [0.15, 0.2) is 0 Å². The summed E-state index contributed by atoms with van der Waals surface area (Å²) >= 11 is 0. The summed E-state index contributed by atoms with van der Waals surface area (Å²) in [5, 5.41) is 0. The molecule has 0 radical (unpaired) electrons. The summed E-state index contributed by atoms with van der Waals surface area (Å²) < 4.78 is 5.49. The Balaban J connectivity index is 2.92. The van der Waals surface area contributed by atoms with E-state index in [0.29, 0.717) is 17.8 Å². The highest BCUT2D eigenvalue weighted by Crippen LogP contribution is 2.16. The number of hydrogen-bond acceptors (Lipinski definition) is 7. The molecule has 108 valence electrons. The molecule has 0 spiro atoms. The molecular weight excluding hydrogens is 244 g/mol. The van der Waals surface area contributed by atoms with E-state index >= 15 is 0 Å². The van der Waals surface area contributed by atoms with Crippen LogP contribution in [0.2, 0.25) is 0 Å². The van der Waals surface area contributed by atoms with Crippen molar-refractivity contribution < 1.29 is 4.74 Å². The van der Waals surface area contributed by atoms with E-state index in [9.17, 15) is 0 Å². The number of hydrogen-bond donors (Lipinski definition) is 2. The molecule has 3 N–H and O–H groups in total. The minimum absolute atomic E-state index is 0.000691. The molecule has 0 saturated carbocycles. The van der Waals surface area contributed by atoms with Gasteiger partial charge in [0, 0.05) is 13.6 Å². The molecule has 19 heavy (non-hydrogen) atoms. The molecular formula is C12H24N6O. The zero-order valence-electron chi connectivity index (χ0n) is 12.3. The predicted octanol–water partition coefficient (Wildman–Crippen LogP) is 1.43. The third-order valence-electron chi connectivity index (χ3n) is 2.70. The first-order chi connectivity index (χ1) is 8.96. The maximum atomic E-state index is 5.49. The van der Waals surface area contributed by atoms with Crippen molar-refractivity contribution in [2.24, 2.45) is 11.8 Å². The number of nitrogens with one attached hydrogen (secondary N) is 1. The van der Waals surface area contributed by atoms with Crippen molar-refractivity contribution >= 4 is 11.9 Å². The highest BCUT2D eigenvalue weighted by Gasteiger charge is 2.13. The van der Waals surface area contributed by atoms with E-state index in [1.165, 1.54) is 0 Å². The van der Waals surface area contributed by atoms with Crippen LogP contribution in [0.25, 0.3) is 0 Å². The van der Waals surface area contributed by atoms with Crippen molar-refractivity contribution in [2.75, 3.05) is 23.9 Å². The second-order valence-electron chi connectivity index (χ2n) is 4.95. The Morgan fingerprint density at radius 2 is 1.95 bits per heavy atom. The monoisotopic (exact) mass is 268 g/mol. The summed E-state index contributed by atoms with van der Waals surface area (Å²) in [4.78, 5) is 14.6. The average molecular weight is 268 g/mol. The Kier molecular flexibility index (Phi) is 5.75. The summed E-state index contributed by atoms with van der Waals surface area (Å²) in [6.07, 6.45) is 1.10. The molecule has 1 unspecified atom stereocenters. The van der Waals surface area contributed by atoms with E-state index in [4.69, 9.17) is 10.6 Å². The number of aromatic nitrogens is 3. The summed E-state index contributed by atoms with van der Waals surface area (Å²) in [5.74, 6) is 6.79. The zero-order chi connectivity index (χ0) is 14.4. The maximum Gasteiger partial charge on any atom is 0.323 e. The van der Waals surface area contributed by atoms with Crippen molar-refractivity contribution in [3.05, 3.63) is 0 Å². The van der Waals surface area contributed by atoms with E-state index in [1.807, 2.05) is 25.8 Å². The van der Waals surface area contributed by atoms with Gasteiger partial charge in [0.05, 0.1) is 6.10 Å². The van der Waals surface area contributed by atoms with Crippen LogP contribution in [0.3, 0.4) is 0 Å². The minimum Gasteiger partial charge on any atom is -0.461 e. The summed E-state index contributed by atoms with van der Waals surface area (Å²) in [5.41, 5.74) is 2.43. The Labute approximate surface area is 114 Å². The lowest BCUT2D eigenvalue weighted by Crippen LogP contribution is -2.27. The number of nitrogens with zero attached hydrogens (tertiary/aromatic N) is 4. The molecule has 1 rings (SSSR count). The molecule has 7 heteroatoms. The highest BCUT2D eigenvalue weighted by atomic mass is 16.5. The van der Waals surface area contributed by atoms with Gasteiger partial charge in [-0.2, -0.15) is 15.0 Å². The predicted molar refractivity (Wildman–Crippen MR) is 76.1 cm³/mol. The molecule has 0 amide bonds. The molecule has 1 heterocycles. The molecule has 1 aromatic heterocycles. The molecule has 1 aromatic rings. The molecule has 0 aliphatic carbocycles. The van der Waals surface area contributed by atoms with Crippen molar-refractivity contribution in [3.8, 4) is 6.01 Å². The molecule has 0 aromatic carbocycles. The van der Waals surface area contributed by atoms with Crippen LogP contribution in [-0.4, -0.2) is 34.6 Å². The van der Waals surface area contributed by atoms with Gasteiger partial charge in [-0.05, 0) is 19.8 Å². The topological polar surface area (TPSA) is 89.2 Å². The van der Waals surface area contributed by atoms with Crippen molar-refractivity contribution in [2.45, 2.75) is 40.2 Å². The van der Waals surface area contributed by atoms with Gasteiger partial charge in [-0.15, -0.1) is 0 Å². The highest BCUT2D eigenvalue weighted by molar-refractivity contribution is 5.36. The number of nitrogen functional groups attached to an aromatic ring is 1. The Bertz CT molecular complexity index is 398. The third-order valence-corrected chi connectivity index (χ3v) is 2.70. The SMILES string of the molecule is CCC(C)CN(C)c1nc(NN)nc(OC(C)C)n1. The lowest BCUT2D eigenvalue weighted by atomic mass is 10.1. The van der Waals surface area contributed by atoms with E-state index in [2.05, 4.69) is 34.2 Å². The lowest BCUT2D eigenvalue weighted by molar-refractivity contribution is 0.222. The van der Waals surface area contributed by atoms with Gasteiger partial charge in [0.2, 0.25) is 11.9 Å². The van der Waals surface area contributed by atoms with E-state index in [-0.39, 0.29) is 12.1 Å². The molecule has 0 bridgehead atoms. The van der Waals surface area contributed by atoms with Crippen LogP contribution in [0.5, 0.6) is 6.01 Å². The second kappa shape index (κ2) is 7.08. The fourth-order valence-electron chi connectivity index (χ4n) is 1.52. The van der Waals surface area contributed by atoms with Crippen LogP contribution >= 0.6 is 0 Å². The fourth-order valence-corrected chi connectivity index (χ4v) is 1.52. The van der Waals surface area contributed by atoms with Crippen LogP contribution in [0.4, 0.5) is 11.9 Å². The summed E-state index contributed by atoms with van der Waals surface area (Å²) in [7, 11) is 1.95. The van der Waals surface area contributed by atoms with Gasteiger partial charge in [0.25, 0.3) is 0 Å². The normalized spacial score (nSPS) is 12.4. The van der Waals surface area contributed by atoms with Gasteiger partial charge in [-0.1, -0.05) is 20.3 Å². The minimum atomic E-state index is 0.000691. The van der Waals surface area contributed by atoms with Crippen LogP contribution in [0, 0.1) is 5.92 Å². The Morgan fingerprint density at radius 1 is 1.26 bits per heavy atom. The number of nitrogens with two attached hydrogens (primary N) is 1. The van der Waals surface area contributed by atoms with Crippen LogP contribution in [0.1, 0.15) is 34.1 Å². The second-order valence-corrected chi connectivity index (χ2v) is 4.95. The number of anilines is 2. The molecule has 1 atom stereocenters. The van der Waals surface area contributed by atoms with Gasteiger partial charge in [0.1, 0.15) is 0 Å². The molecule has 0 aliphatic heterocycles. The summed E-state index contributed by atoms with van der Waals surface area (Å²) in [6, 6.07) is 0.281. The van der Waals surface area contributed by atoms with Crippen molar-refractivity contribution in [3.63, 3.8) is 0 Å².